The van der Waals surface area contributed by atoms with E-state index in [4.69, 9.17) is 9.47 Å². The molecule has 0 N–H and O–H groups in total. The van der Waals surface area contributed by atoms with Gasteiger partial charge in [-0.25, -0.2) is 4.79 Å². The molecular formula is C24H22O3. The average molecular weight is 358 g/mol. The van der Waals surface area contributed by atoms with Gasteiger partial charge in [0, 0.05) is 29.2 Å². The number of hydrogen-bond donors (Lipinski definition) is 0. The fourth-order valence-electron chi connectivity index (χ4n) is 2.31. The van der Waals surface area contributed by atoms with Crippen LogP contribution in [0.5, 0.6) is 5.75 Å². The second kappa shape index (κ2) is 9.90. The first kappa shape index (κ1) is 19.9. The smallest absolute Gasteiger partial charge is 0.333 e. The highest BCUT2D eigenvalue weighted by Gasteiger charge is 2.02. The summed E-state index contributed by atoms with van der Waals surface area (Å²) in [7, 11) is 0. The van der Waals surface area contributed by atoms with Crippen LogP contribution < -0.4 is 4.74 Å². The van der Waals surface area contributed by atoms with Crippen LogP contribution >= 0.6 is 0 Å². The van der Waals surface area contributed by atoms with Crippen molar-refractivity contribution in [2.24, 2.45) is 0 Å². The largest absolute Gasteiger partial charge is 0.457 e. The zero-order valence-electron chi connectivity index (χ0n) is 15.9. The van der Waals surface area contributed by atoms with Gasteiger partial charge >= 0.3 is 5.97 Å². The molecule has 0 aliphatic heterocycles. The first-order valence-corrected chi connectivity index (χ1v) is 8.67. The lowest BCUT2D eigenvalue weighted by atomic mass is 10.0. The van der Waals surface area contributed by atoms with E-state index in [1.807, 2.05) is 57.2 Å². The lowest BCUT2D eigenvalue weighted by Gasteiger charge is -2.08. The molecule has 3 heteroatoms. The van der Waals surface area contributed by atoms with Crippen molar-refractivity contribution in [3.63, 3.8) is 0 Å². The van der Waals surface area contributed by atoms with E-state index in [-0.39, 0.29) is 6.79 Å². The summed E-state index contributed by atoms with van der Waals surface area (Å²) in [6.45, 7) is 9.18. The molecule has 0 saturated heterocycles. The highest BCUT2D eigenvalue weighted by molar-refractivity contribution is 5.81. The molecule has 136 valence electrons. The maximum Gasteiger partial charge on any atom is 0.333 e. The van der Waals surface area contributed by atoms with Crippen LogP contribution in [-0.2, 0) is 9.53 Å². The maximum atomic E-state index is 11.0. The Hall–Kier alpha value is -3.43. The number of benzene rings is 2. The second-order valence-corrected chi connectivity index (χ2v) is 5.84. The summed E-state index contributed by atoms with van der Waals surface area (Å²) in [4.78, 5) is 11.0. The molecular weight excluding hydrogens is 336 g/mol. The van der Waals surface area contributed by atoms with Crippen LogP contribution in [-0.4, -0.2) is 12.8 Å². The van der Waals surface area contributed by atoms with E-state index in [2.05, 4.69) is 30.3 Å². The number of ether oxygens (including phenoxy) is 2. The standard InChI is InChI=1S/C24H22O3/c1-5-7-8-22-13-11-20(15-18(22)3)9-10-21-12-14-23(19(4)16-21)26-17-27-24(25)6-2/h6,11-16H,2,5,17H2,1,3-4H3. The number of carbonyl (C=O) groups excluding carboxylic acids is 1. The summed E-state index contributed by atoms with van der Waals surface area (Å²) < 4.78 is 10.3. The van der Waals surface area contributed by atoms with E-state index in [0.29, 0.717) is 5.75 Å². The van der Waals surface area contributed by atoms with Crippen LogP contribution in [0.4, 0.5) is 0 Å². The van der Waals surface area contributed by atoms with E-state index in [1.54, 1.807) is 0 Å². The molecule has 0 amide bonds. The van der Waals surface area contributed by atoms with Crippen molar-refractivity contribution in [3.8, 4) is 29.4 Å². The molecule has 0 atom stereocenters. The number of rotatable bonds is 4. The van der Waals surface area contributed by atoms with Gasteiger partial charge in [0.2, 0.25) is 6.79 Å². The molecule has 0 spiro atoms. The number of aryl methyl sites for hydroxylation is 2. The molecule has 0 heterocycles. The molecule has 0 unspecified atom stereocenters. The first-order chi connectivity index (χ1) is 13.0. The molecule has 27 heavy (non-hydrogen) atoms. The second-order valence-electron chi connectivity index (χ2n) is 5.84. The molecule has 0 aliphatic carbocycles. The Morgan fingerprint density at radius 3 is 2.30 bits per heavy atom. The van der Waals surface area contributed by atoms with Gasteiger partial charge in [0.05, 0.1) is 0 Å². The van der Waals surface area contributed by atoms with Crippen molar-refractivity contribution in [1.29, 1.82) is 0 Å². The van der Waals surface area contributed by atoms with E-state index in [9.17, 15) is 4.79 Å². The van der Waals surface area contributed by atoms with Gasteiger partial charge in [-0.15, -0.1) is 0 Å². The predicted molar refractivity (Wildman–Crippen MR) is 107 cm³/mol. The fraction of sp³-hybridized carbons (Fsp3) is 0.208. The van der Waals surface area contributed by atoms with Gasteiger partial charge in [0.25, 0.3) is 0 Å². The maximum absolute atomic E-state index is 11.0. The fourth-order valence-corrected chi connectivity index (χ4v) is 2.31. The van der Waals surface area contributed by atoms with Crippen LogP contribution in [0.1, 0.15) is 41.2 Å². The van der Waals surface area contributed by atoms with Gasteiger partial charge in [-0.1, -0.05) is 37.2 Å². The Morgan fingerprint density at radius 2 is 1.70 bits per heavy atom. The third kappa shape index (κ3) is 6.10. The molecule has 0 aliphatic rings. The normalized spacial score (nSPS) is 9.30. The minimum atomic E-state index is -0.517. The molecule has 0 saturated carbocycles. The molecule has 3 nitrogen and oxygen atoms in total. The molecule has 2 rings (SSSR count). The highest BCUT2D eigenvalue weighted by Crippen LogP contribution is 2.19. The summed E-state index contributed by atoms with van der Waals surface area (Å²) in [5.74, 6) is 12.7. The number of carbonyl (C=O) groups is 1. The Labute approximate surface area is 161 Å². The van der Waals surface area contributed by atoms with Crippen molar-refractivity contribution in [2.45, 2.75) is 27.2 Å². The third-order valence-corrected chi connectivity index (χ3v) is 3.73. The molecule has 0 radical (unpaired) electrons. The Kier molecular flexibility index (Phi) is 7.29. The molecule has 0 fully saturated rings. The van der Waals surface area contributed by atoms with Crippen molar-refractivity contribution in [1.82, 2.24) is 0 Å². The van der Waals surface area contributed by atoms with Crippen LogP contribution in [0.3, 0.4) is 0 Å². The molecule has 2 aromatic carbocycles. The number of esters is 1. The third-order valence-electron chi connectivity index (χ3n) is 3.73. The Morgan fingerprint density at radius 1 is 1.04 bits per heavy atom. The van der Waals surface area contributed by atoms with Gasteiger partial charge in [-0.3, -0.25) is 0 Å². The molecule has 0 bridgehead atoms. The van der Waals surface area contributed by atoms with Gasteiger partial charge in [0.15, 0.2) is 0 Å². The quantitative estimate of drug-likeness (QED) is 0.349. The topological polar surface area (TPSA) is 35.5 Å². The van der Waals surface area contributed by atoms with Gasteiger partial charge in [-0.05, 0) is 61.4 Å². The first-order valence-electron chi connectivity index (χ1n) is 8.67. The van der Waals surface area contributed by atoms with Crippen molar-refractivity contribution in [3.05, 3.63) is 76.9 Å². The van der Waals surface area contributed by atoms with E-state index >= 15 is 0 Å². The summed E-state index contributed by atoms with van der Waals surface area (Å²) in [5, 5.41) is 0. The predicted octanol–water partition coefficient (Wildman–Crippen LogP) is 4.53. The number of hydrogen-bond acceptors (Lipinski definition) is 3. The lowest BCUT2D eigenvalue weighted by molar-refractivity contribution is -0.144. The van der Waals surface area contributed by atoms with Crippen molar-refractivity contribution < 1.29 is 14.3 Å². The van der Waals surface area contributed by atoms with Gasteiger partial charge < -0.3 is 9.47 Å². The summed E-state index contributed by atoms with van der Waals surface area (Å²) in [5.41, 5.74) is 4.91. The monoisotopic (exact) mass is 358 g/mol. The van der Waals surface area contributed by atoms with Gasteiger partial charge in [-0.2, -0.15) is 0 Å². The van der Waals surface area contributed by atoms with E-state index in [0.717, 1.165) is 40.3 Å². The summed E-state index contributed by atoms with van der Waals surface area (Å²) >= 11 is 0. The minimum Gasteiger partial charge on any atom is -0.457 e. The van der Waals surface area contributed by atoms with Gasteiger partial charge in [0.1, 0.15) is 5.75 Å². The zero-order chi connectivity index (χ0) is 19.6. The average Bonchev–Trinajstić information content (AvgIpc) is 2.67. The summed E-state index contributed by atoms with van der Waals surface area (Å²) in [6.07, 6.45) is 1.94. The van der Waals surface area contributed by atoms with Crippen LogP contribution in [0.25, 0.3) is 0 Å². The Bertz CT molecular complexity index is 963. The lowest BCUT2D eigenvalue weighted by Crippen LogP contribution is -2.08. The Balaban J connectivity index is 2.08. The zero-order valence-corrected chi connectivity index (χ0v) is 15.9. The van der Waals surface area contributed by atoms with Crippen molar-refractivity contribution in [2.75, 3.05) is 6.79 Å². The highest BCUT2D eigenvalue weighted by atomic mass is 16.7. The van der Waals surface area contributed by atoms with Crippen molar-refractivity contribution >= 4 is 5.97 Å². The molecule has 0 aromatic heterocycles. The summed E-state index contributed by atoms with van der Waals surface area (Å²) in [6, 6.07) is 11.7. The van der Waals surface area contributed by atoms with Crippen LogP contribution in [0.15, 0.2) is 49.1 Å². The van der Waals surface area contributed by atoms with Crippen LogP contribution in [0.2, 0.25) is 0 Å². The van der Waals surface area contributed by atoms with Crippen LogP contribution in [0, 0.1) is 37.5 Å². The minimum absolute atomic E-state index is 0.150. The molecule has 2 aromatic rings. The van der Waals surface area contributed by atoms with E-state index in [1.165, 1.54) is 0 Å². The van der Waals surface area contributed by atoms with E-state index < -0.39 is 5.97 Å². The SMILES string of the molecule is C=CC(=O)OCOc1ccc(C#Cc2ccc(C#CCC)c(C)c2)cc1C.